The molecule has 1 aromatic carbocycles. The van der Waals surface area contributed by atoms with Crippen LogP contribution < -0.4 is 0 Å². The Bertz CT molecular complexity index is 480. The Kier molecular flexibility index (Phi) is 3.60. The number of aromatic nitrogens is 1. The molecule has 0 saturated carbocycles. The number of benzene rings is 1. The largest absolute Gasteiger partial charge is 0.385 e. The van der Waals surface area contributed by atoms with Crippen LogP contribution in [0.3, 0.4) is 0 Å². The molecule has 0 aliphatic carbocycles. The summed E-state index contributed by atoms with van der Waals surface area (Å²) < 4.78 is 0. The molecule has 2 aromatic rings. The molecular formula is C14H17NOS. The van der Waals surface area contributed by atoms with Crippen LogP contribution in [0.15, 0.2) is 35.7 Å². The van der Waals surface area contributed by atoms with Gasteiger partial charge in [0.2, 0.25) is 0 Å². The van der Waals surface area contributed by atoms with Crippen molar-refractivity contribution >= 4 is 11.3 Å². The van der Waals surface area contributed by atoms with Crippen molar-refractivity contribution in [2.75, 3.05) is 0 Å². The molecule has 1 unspecified atom stereocenters. The summed E-state index contributed by atoms with van der Waals surface area (Å²) in [7, 11) is 0. The molecule has 0 radical (unpaired) electrons. The number of thiazole rings is 1. The lowest BCUT2D eigenvalue weighted by atomic mass is 9.87. The quantitative estimate of drug-likeness (QED) is 0.899. The number of aryl methyl sites for hydroxylation is 1. The maximum absolute atomic E-state index is 10.7. The standard InChI is InChI=1S/C14H17NOS/c1-3-14(16,12-7-5-4-6-8-12)9-13-10-17-11(2)15-13/h4-8,10,16H,3,9H2,1-2H3. The molecule has 1 heterocycles. The van der Waals surface area contributed by atoms with Gasteiger partial charge in [-0.15, -0.1) is 11.3 Å². The monoisotopic (exact) mass is 247 g/mol. The molecule has 0 aliphatic heterocycles. The fraction of sp³-hybridized carbons (Fsp3) is 0.357. The molecule has 2 rings (SSSR count). The molecule has 90 valence electrons. The zero-order valence-electron chi connectivity index (χ0n) is 10.2. The first kappa shape index (κ1) is 12.3. The molecule has 0 amide bonds. The zero-order chi connectivity index (χ0) is 12.3. The van der Waals surface area contributed by atoms with Crippen molar-refractivity contribution in [2.24, 2.45) is 0 Å². The third kappa shape index (κ3) is 2.73. The van der Waals surface area contributed by atoms with E-state index in [9.17, 15) is 5.11 Å². The van der Waals surface area contributed by atoms with Crippen LogP contribution in [0.1, 0.15) is 29.6 Å². The summed E-state index contributed by atoms with van der Waals surface area (Å²) in [5, 5.41) is 13.8. The molecule has 2 nitrogen and oxygen atoms in total. The van der Waals surface area contributed by atoms with Gasteiger partial charge < -0.3 is 5.11 Å². The van der Waals surface area contributed by atoms with Crippen LogP contribution in [0.25, 0.3) is 0 Å². The maximum Gasteiger partial charge on any atom is 0.0949 e. The van der Waals surface area contributed by atoms with E-state index >= 15 is 0 Å². The van der Waals surface area contributed by atoms with Crippen LogP contribution in [-0.4, -0.2) is 10.1 Å². The minimum absolute atomic E-state index is 0.581. The summed E-state index contributed by atoms with van der Waals surface area (Å²) in [5.41, 5.74) is 1.13. The van der Waals surface area contributed by atoms with E-state index in [-0.39, 0.29) is 0 Å². The first-order valence-corrected chi connectivity index (χ1v) is 6.71. The van der Waals surface area contributed by atoms with E-state index in [0.29, 0.717) is 12.8 Å². The zero-order valence-corrected chi connectivity index (χ0v) is 11.0. The average Bonchev–Trinajstić information content (AvgIpc) is 2.75. The Morgan fingerprint density at radius 3 is 2.53 bits per heavy atom. The molecule has 0 bridgehead atoms. The average molecular weight is 247 g/mol. The third-order valence-electron chi connectivity index (χ3n) is 3.04. The highest BCUT2D eigenvalue weighted by Crippen LogP contribution is 2.29. The summed E-state index contributed by atoms with van der Waals surface area (Å²) in [6.45, 7) is 3.99. The molecule has 1 aromatic heterocycles. The van der Waals surface area contributed by atoms with Crippen LogP contribution >= 0.6 is 11.3 Å². The second kappa shape index (κ2) is 4.98. The maximum atomic E-state index is 10.7. The van der Waals surface area contributed by atoms with Gasteiger partial charge in [0.15, 0.2) is 0 Å². The minimum atomic E-state index is -0.804. The van der Waals surface area contributed by atoms with Gasteiger partial charge in [-0.25, -0.2) is 4.98 Å². The molecule has 1 N–H and O–H groups in total. The van der Waals surface area contributed by atoms with Crippen LogP contribution in [0.2, 0.25) is 0 Å². The SMILES string of the molecule is CCC(O)(Cc1csc(C)n1)c1ccccc1. The van der Waals surface area contributed by atoms with Gasteiger partial charge in [-0.3, -0.25) is 0 Å². The highest BCUT2D eigenvalue weighted by molar-refractivity contribution is 7.09. The fourth-order valence-corrected chi connectivity index (χ4v) is 2.58. The smallest absolute Gasteiger partial charge is 0.0949 e. The lowest BCUT2D eigenvalue weighted by Gasteiger charge is -2.26. The molecule has 17 heavy (non-hydrogen) atoms. The third-order valence-corrected chi connectivity index (χ3v) is 3.86. The first-order chi connectivity index (χ1) is 8.14. The van der Waals surface area contributed by atoms with Gasteiger partial charge in [0.1, 0.15) is 0 Å². The van der Waals surface area contributed by atoms with Crippen molar-refractivity contribution < 1.29 is 5.11 Å². The van der Waals surface area contributed by atoms with E-state index in [1.165, 1.54) is 0 Å². The predicted molar refractivity (Wildman–Crippen MR) is 71.2 cm³/mol. The van der Waals surface area contributed by atoms with E-state index in [1.54, 1.807) is 11.3 Å². The molecular weight excluding hydrogens is 230 g/mol. The Labute approximate surface area is 106 Å². The molecule has 3 heteroatoms. The van der Waals surface area contributed by atoms with Crippen molar-refractivity contribution in [3.05, 3.63) is 52.0 Å². The summed E-state index contributed by atoms with van der Waals surface area (Å²) in [5.74, 6) is 0. The molecule has 1 atom stereocenters. The van der Waals surface area contributed by atoms with Gasteiger partial charge >= 0.3 is 0 Å². The Hall–Kier alpha value is -1.19. The van der Waals surface area contributed by atoms with Crippen molar-refractivity contribution in [1.29, 1.82) is 0 Å². The number of hydrogen-bond acceptors (Lipinski definition) is 3. The topological polar surface area (TPSA) is 33.1 Å². The van der Waals surface area contributed by atoms with Crippen molar-refractivity contribution in [1.82, 2.24) is 4.98 Å². The van der Waals surface area contributed by atoms with Gasteiger partial charge in [0, 0.05) is 11.8 Å². The minimum Gasteiger partial charge on any atom is -0.385 e. The van der Waals surface area contributed by atoms with E-state index in [4.69, 9.17) is 0 Å². The number of aliphatic hydroxyl groups is 1. The van der Waals surface area contributed by atoms with E-state index in [2.05, 4.69) is 4.98 Å². The summed E-state index contributed by atoms with van der Waals surface area (Å²) in [6, 6.07) is 9.84. The van der Waals surface area contributed by atoms with E-state index in [0.717, 1.165) is 16.3 Å². The summed E-state index contributed by atoms with van der Waals surface area (Å²) in [6.07, 6.45) is 1.27. The molecule has 0 fully saturated rings. The second-order valence-corrected chi connectivity index (χ2v) is 5.35. The van der Waals surface area contributed by atoms with E-state index < -0.39 is 5.60 Å². The van der Waals surface area contributed by atoms with E-state index in [1.807, 2.05) is 49.6 Å². The summed E-state index contributed by atoms with van der Waals surface area (Å²) in [4.78, 5) is 4.43. The van der Waals surface area contributed by atoms with Crippen molar-refractivity contribution in [3.63, 3.8) is 0 Å². The molecule has 0 aliphatic rings. The highest BCUT2D eigenvalue weighted by Gasteiger charge is 2.28. The number of hydrogen-bond donors (Lipinski definition) is 1. The van der Waals surface area contributed by atoms with Gasteiger partial charge in [0.05, 0.1) is 16.3 Å². The Morgan fingerprint density at radius 2 is 2.00 bits per heavy atom. The van der Waals surface area contributed by atoms with Crippen LogP contribution in [0.5, 0.6) is 0 Å². The van der Waals surface area contributed by atoms with Gasteiger partial charge in [-0.05, 0) is 18.9 Å². The number of nitrogens with zero attached hydrogens (tertiary/aromatic N) is 1. The van der Waals surface area contributed by atoms with Gasteiger partial charge in [0.25, 0.3) is 0 Å². The van der Waals surface area contributed by atoms with Crippen LogP contribution in [-0.2, 0) is 12.0 Å². The Balaban J connectivity index is 2.26. The fourth-order valence-electron chi connectivity index (χ4n) is 1.97. The predicted octanol–water partition coefficient (Wildman–Crippen LogP) is 3.29. The molecule has 0 spiro atoms. The van der Waals surface area contributed by atoms with Gasteiger partial charge in [-0.2, -0.15) is 0 Å². The second-order valence-electron chi connectivity index (χ2n) is 4.29. The normalized spacial score (nSPS) is 14.5. The summed E-state index contributed by atoms with van der Waals surface area (Å²) >= 11 is 1.63. The van der Waals surface area contributed by atoms with Gasteiger partial charge in [-0.1, -0.05) is 37.3 Å². The van der Waals surface area contributed by atoms with Crippen molar-refractivity contribution in [2.45, 2.75) is 32.3 Å². The van der Waals surface area contributed by atoms with Crippen LogP contribution in [0.4, 0.5) is 0 Å². The number of rotatable bonds is 4. The Morgan fingerprint density at radius 1 is 1.29 bits per heavy atom. The lowest BCUT2D eigenvalue weighted by Crippen LogP contribution is -2.27. The first-order valence-electron chi connectivity index (χ1n) is 5.83. The lowest BCUT2D eigenvalue weighted by molar-refractivity contribution is 0.0319. The highest BCUT2D eigenvalue weighted by atomic mass is 32.1. The van der Waals surface area contributed by atoms with Crippen molar-refractivity contribution in [3.8, 4) is 0 Å². The molecule has 0 saturated heterocycles. The van der Waals surface area contributed by atoms with Crippen LogP contribution in [0, 0.1) is 6.92 Å².